The van der Waals surface area contributed by atoms with Crippen molar-refractivity contribution in [1.82, 2.24) is 15.2 Å². The van der Waals surface area contributed by atoms with Crippen molar-refractivity contribution in [1.29, 1.82) is 0 Å². The second kappa shape index (κ2) is 8.88. The Morgan fingerprint density at radius 1 is 1.17 bits per heavy atom. The molecular weight excluding hydrogens is 387 g/mol. The van der Waals surface area contributed by atoms with Gasteiger partial charge in [0.1, 0.15) is 5.82 Å². The van der Waals surface area contributed by atoms with E-state index >= 15 is 0 Å². The highest BCUT2D eigenvalue weighted by Crippen LogP contribution is 2.30. The van der Waals surface area contributed by atoms with Crippen LogP contribution in [-0.2, 0) is 6.42 Å². The second-order valence-corrected chi connectivity index (χ2v) is 8.23. The van der Waals surface area contributed by atoms with E-state index in [0.29, 0.717) is 6.54 Å². The number of anilines is 1. The van der Waals surface area contributed by atoms with Gasteiger partial charge in [0.05, 0.1) is 15.8 Å². The molecule has 3 aromatic rings. The minimum absolute atomic E-state index is 0.0967. The first-order valence-corrected chi connectivity index (χ1v) is 10.8. The van der Waals surface area contributed by atoms with Crippen molar-refractivity contribution in [2.24, 2.45) is 0 Å². The lowest BCUT2D eigenvalue weighted by atomic mass is 10.2. The summed E-state index contributed by atoms with van der Waals surface area (Å²) in [6.45, 7) is 7.11. The van der Waals surface area contributed by atoms with E-state index in [2.05, 4.69) is 40.2 Å². The lowest BCUT2D eigenvalue weighted by molar-refractivity contribution is 0.0943. The molecule has 0 radical (unpaired) electrons. The number of rotatable bonds is 6. The number of aryl methyl sites for hydroxylation is 1. The molecule has 1 aliphatic heterocycles. The maximum atomic E-state index is 13.7. The van der Waals surface area contributed by atoms with Crippen LogP contribution in [0.4, 0.5) is 9.52 Å². The molecule has 5 nitrogen and oxygen atoms in total. The zero-order valence-electron chi connectivity index (χ0n) is 16.5. The number of piperazine rings is 1. The molecule has 0 bridgehead atoms. The van der Waals surface area contributed by atoms with Gasteiger partial charge in [-0.15, -0.1) is 0 Å². The van der Waals surface area contributed by atoms with Gasteiger partial charge in [-0.1, -0.05) is 36.5 Å². The molecule has 1 amide bonds. The molecule has 0 spiro atoms. The number of nitrogens with one attached hydrogen (secondary N) is 1. The van der Waals surface area contributed by atoms with Gasteiger partial charge >= 0.3 is 0 Å². The second-order valence-electron chi connectivity index (χ2n) is 7.22. The van der Waals surface area contributed by atoms with E-state index in [9.17, 15) is 9.18 Å². The number of aromatic nitrogens is 1. The van der Waals surface area contributed by atoms with Crippen LogP contribution in [0.5, 0.6) is 0 Å². The SMILES string of the molecule is CCc1ccc2nc(N3CCN(CCNC(=O)c4ccccc4F)CC3)sc2c1. The van der Waals surface area contributed by atoms with Crippen LogP contribution >= 0.6 is 11.3 Å². The Kier molecular flexibility index (Phi) is 6.06. The van der Waals surface area contributed by atoms with E-state index in [-0.39, 0.29) is 11.5 Å². The van der Waals surface area contributed by atoms with Gasteiger partial charge in [0.25, 0.3) is 5.91 Å². The Morgan fingerprint density at radius 3 is 2.72 bits per heavy atom. The molecule has 0 atom stereocenters. The number of fused-ring (bicyclic) bond motifs is 1. The van der Waals surface area contributed by atoms with Gasteiger partial charge in [0, 0.05) is 39.3 Å². The first kappa shape index (κ1) is 19.8. The number of carbonyl (C=O) groups is 1. The molecule has 1 fully saturated rings. The largest absolute Gasteiger partial charge is 0.351 e. The summed E-state index contributed by atoms with van der Waals surface area (Å²) in [5, 5.41) is 3.90. The van der Waals surface area contributed by atoms with E-state index in [1.54, 1.807) is 23.5 Å². The molecule has 2 heterocycles. The van der Waals surface area contributed by atoms with E-state index in [0.717, 1.165) is 49.8 Å². The Hall–Kier alpha value is -2.51. The highest BCUT2D eigenvalue weighted by atomic mass is 32.1. The average molecular weight is 413 g/mol. The number of benzene rings is 2. The van der Waals surface area contributed by atoms with Gasteiger partial charge in [-0.2, -0.15) is 0 Å². The zero-order chi connectivity index (χ0) is 20.2. The predicted octanol–water partition coefficient (Wildman–Crippen LogP) is 3.55. The Bertz CT molecular complexity index is 997. The Morgan fingerprint density at radius 2 is 1.97 bits per heavy atom. The normalized spacial score (nSPS) is 15.0. The van der Waals surface area contributed by atoms with Crippen LogP contribution in [0.3, 0.4) is 0 Å². The van der Waals surface area contributed by atoms with Crippen LogP contribution in [0.2, 0.25) is 0 Å². The third-order valence-electron chi connectivity index (χ3n) is 5.32. The molecular formula is C22H25FN4OS. The summed E-state index contributed by atoms with van der Waals surface area (Å²) in [4.78, 5) is 21.5. The third kappa shape index (κ3) is 4.57. The smallest absolute Gasteiger partial charge is 0.254 e. The molecule has 1 aromatic heterocycles. The highest BCUT2D eigenvalue weighted by Gasteiger charge is 2.20. The van der Waals surface area contributed by atoms with Gasteiger partial charge < -0.3 is 10.2 Å². The minimum atomic E-state index is -0.486. The summed E-state index contributed by atoms with van der Waals surface area (Å²) in [5.41, 5.74) is 2.51. The fourth-order valence-corrected chi connectivity index (χ4v) is 4.62. The summed E-state index contributed by atoms with van der Waals surface area (Å²) in [5.74, 6) is -0.844. The van der Waals surface area contributed by atoms with Crippen molar-refractivity contribution in [3.63, 3.8) is 0 Å². The number of nitrogens with zero attached hydrogens (tertiary/aromatic N) is 3. The summed E-state index contributed by atoms with van der Waals surface area (Å²) in [6, 6.07) is 12.6. The predicted molar refractivity (Wildman–Crippen MR) is 116 cm³/mol. The minimum Gasteiger partial charge on any atom is -0.351 e. The van der Waals surface area contributed by atoms with Gasteiger partial charge in [-0.3, -0.25) is 9.69 Å². The van der Waals surface area contributed by atoms with Crippen LogP contribution in [0.1, 0.15) is 22.8 Å². The van der Waals surface area contributed by atoms with Crippen LogP contribution in [0.25, 0.3) is 10.2 Å². The standard InChI is InChI=1S/C22H25FN4OS/c1-2-16-7-8-19-20(15-16)29-22(25-19)27-13-11-26(12-14-27)10-9-24-21(28)17-5-3-4-6-18(17)23/h3-8,15H,2,9-14H2,1H3,(H,24,28). The monoisotopic (exact) mass is 412 g/mol. The maximum absolute atomic E-state index is 13.7. The lowest BCUT2D eigenvalue weighted by Gasteiger charge is -2.34. The zero-order valence-corrected chi connectivity index (χ0v) is 17.3. The average Bonchev–Trinajstić information content (AvgIpc) is 3.17. The molecule has 4 rings (SSSR count). The number of carbonyl (C=O) groups excluding carboxylic acids is 1. The molecule has 1 aliphatic rings. The fourth-order valence-electron chi connectivity index (χ4n) is 3.54. The van der Waals surface area contributed by atoms with Crippen LogP contribution in [0, 0.1) is 5.82 Å². The van der Waals surface area contributed by atoms with Crippen molar-refractivity contribution in [2.45, 2.75) is 13.3 Å². The van der Waals surface area contributed by atoms with Crippen molar-refractivity contribution in [2.75, 3.05) is 44.2 Å². The quantitative estimate of drug-likeness (QED) is 0.673. The van der Waals surface area contributed by atoms with Crippen LogP contribution in [-0.4, -0.2) is 55.1 Å². The maximum Gasteiger partial charge on any atom is 0.254 e. The van der Waals surface area contributed by atoms with Gasteiger partial charge in [0.2, 0.25) is 0 Å². The molecule has 152 valence electrons. The fraction of sp³-hybridized carbons (Fsp3) is 0.364. The Labute approximate surface area is 174 Å². The van der Waals surface area contributed by atoms with Gasteiger partial charge in [0.15, 0.2) is 5.13 Å². The third-order valence-corrected chi connectivity index (χ3v) is 6.40. The number of thiazole rings is 1. The molecule has 0 aliphatic carbocycles. The van der Waals surface area contributed by atoms with Crippen molar-refractivity contribution in [3.05, 3.63) is 59.4 Å². The van der Waals surface area contributed by atoms with Crippen molar-refractivity contribution < 1.29 is 9.18 Å². The topological polar surface area (TPSA) is 48.5 Å². The molecule has 1 N–H and O–H groups in total. The highest BCUT2D eigenvalue weighted by molar-refractivity contribution is 7.22. The molecule has 29 heavy (non-hydrogen) atoms. The molecule has 2 aromatic carbocycles. The van der Waals surface area contributed by atoms with Crippen molar-refractivity contribution >= 4 is 32.6 Å². The first-order valence-electron chi connectivity index (χ1n) is 10.0. The van der Waals surface area contributed by atoms with Gasteiger partial charge in [-0.25, -0.2) is 9.37 Å². The van der Waals surface area contributed by atoms with Crippen LogP contribution < -0.4 is 10.2 Å². The molecule has 7 heteroatoms. The molecule has 0 saturated carbocycles. The summed E-state index contributed by atoms with van der Waals surface area (Å²) in [7, 11) is 0. The molecule has 0 unspecified atom stereocenters. The van der Waals surface area contributed by atoms with E-state index in [1.165, 1.54) is 22.4 Å². The first-order chi connectivity index (χ1) is 14.1. The van der Waals surface area contributed by atoms with Gasteiger partial charge in [-0.05, 0) is 36.2 Å². The lowest BCUT2D eigenvalue weighted by Crippen LogP contribution is -2.48. The number of amides is 1. The summed E-state index contributed by atoms with van der Waals surface area (Å²) < 4.78 is 14.9. The Balaban J connectivity index is 1.26. The molecule has 1 saturated heterocycles. The summed E-state index contributed by atoms with van der Waals surface area (Å²) in [6.07, 6.45) is 1.04. The number of hydrogen-bond donors (Lipinski definition) is 1. The van der Waals surface area contributed by atoms with Crippen molar-refractivity contribution in [3.8, 4) is 0 Å². The summed E-state index contributed by atoms with van der Waals surface area (Å²) >= 11 is 1.76. The number of hydrogen-bond acceptors (Lipinski definition) is 5. The van der Waals surface area contributed by atoms with Crippen LogP contribution in [0.15, 0.2) is 42.5 Å². The van der Waals surface area contributed by atoms with E-state index < -0.39 is 5.82 Å². The van der Waals surface area contributed by atoms with E-state index in [4.69, 9.17) is 4.98 Å². The number of halogens is 1. The van der Waals surface area contributed by atoms with E-state index in [1.807, 2.05) is 0 Å².